The molecule has 3 aromatic rings. The van der Waals surface area contributed by atoms with Gasteiger partial charge in [-0.3, -0.25) is 9.36 Å². The average Bonchev–Trinajstić information content (AvgIpc) is 3.24. The normalized spacial score (nSPS) is 12.1. The van der Waals surface area contributed by atoms with Crippen LogP contribution in [0.25, 0.3) is 11.3 Å². The molecule has 0 fully saturated rings. The molecule has 0 radical (unpaired) electrons. The highest BCUT2D eigenvalue weighted by Crippen LogP contribution is 2.60. The summed E-state index contributed by atoms with van der Waals surface area (Å²) >= 11 is 0. The topological polar surface area (TPSA) is 113 Å². The van der Waals surface area contributed by atoms with Crippen molar-refractivity contribution in [2.24, 2.45) is 0 Å². The average molecular weight is 478 g/mol. The third-order valence-electron chi connectivity index (χ3n) is 5.88. The van der Waals surface area contributed by atoms with Gasteiger partial charge in [0.2, 0.25) is 5.91 Å². The lowest BCUT2D eigenvalue weighted by Gasteiger charge is -2.33. The zero-order valence-corrected chi connectivity index (χ0v) is 19.1. The predicted octanol–water partition coefficient (Wildman–Crippen LogP) is 5.38. The summed E-state index contributed by atoms with van der Waals surface area (Å²) in [6.45, 7) is 3.47. The Balaban J connectivity index is 1.66. The molecule has 0 aliphatic heterocycles. The first-order valence-corrected chi connectivity index (χ1v) is 12.1. The maximum absolute atomic E-state index is 13.5. The van der Waals surface area contributed by atoms with Crippen LogP contribution in [0.5, 0.6) is 0 Å². The van der Waals surface area contributed by atoms with Gasteiger partial charge in [-0.1, -0.05) is 31.1 Å². The molecule has 1 amide bonds. The van der Waals surface area contributed by atoms with Gasteiger partial charge in [-0.25, -0.2) is 8.78 Å². The highest BCUT2D eigenvalue weighted by atomic mass is 31.2. The second kappa shape index (κ2) is 9.95. The molecular formula is C23H25F2N2O5P. The fraction of sp³-hybridized carbons (Fsp3) is 0.304. The van der Waals surface area contributed by atoms with Crippen molar-refractivity contribution in [1.29, 1.82) is 0 Å². The maximum Gasteiger partial charge on any atom is 0.335 e. The second-order valence-corrected chi connectivity index (χ2v) is 9.66. The SMILES string of the molecule is CCC(CC)(c1ccc(NC(=O)CCc2cnoc2-c2ccc(F)c(F)c2)cc1)P(=O)(O)O. The highest BCUT2D eigenvalue weighted by molar-refractivity contribution is 7.53. The number of nitrogens with zero attached hydrogens (tertiary/aromatic N) is 1. The van der Waals surface area contributed by atoms with Crippen LogP contribution in [0.2, 0.25) is 0 Å². The number of nitrogens with one attached hydrogen (secondary N) is 1. The van der Waals surface area contributed by atoms with Crippen molar-refractivity contribution in [2.75, 3.05) is 5.32 Å². The third kappa shape index (κ3) is 5.21. The number of aryl methyl sites for hydroxylation is 1. The number of rotatable bonds is 9. The molecule has 2 aromatic carbocycles. The molecule has 3 N–H and O–H groups in total. The lowest BCUT2D eigenvalue weighted by atomic mass is 9.92. The van der Waals surface area contributed by atoms with Crippen LogP contribution in [0.3, 0.4) is 0 Å². The largest absolute Gasteiger partial charge is 0.356 e. The summed E-state index contributed by atoms with van der Waals surface area (Å²) in [7, 11) is -4.39. The van der Waals surface area contributed by atoms with Crippen LogP contribution in [-0.4, -0.2) is 20.9 Å². The zero-order valence-electron chi connectivity index (χ0n) is 18.2. The molecule has 0 bridgehead atoms. The van der Waals surface area contributed by atoms with E-state index in [9.17, 15) is 27.9 Å². The third-order valence-corrected chi connectivity index (χ3v) is 7.89. The van der Waals surface area contributed by atoms with E-state index in [1.54, 1.807) is 38.1 Å². The Morgan fingerprint density at radius 2 is 1.76 bits per heavy atom. The van der Waals surface area contributed by atoms with Crippen molar-refractivity contribution in [2.45, 2.75) is 44.7 Å². The molecule has 0 unspecified atom stereocenters. The molecule has 0 atom stereocenters. The minimum absolute atomic E-state index is 0.0793. The minimum atomic E-state index is -4.39. The number of carbonyl (C=O) groups excluding carboxylic acids is 1. The van der Waals surface area contributed by atoms with Crippen molar-refractivity contribution in [1.82, 2.24) is 5.16 Å². The molecule has 176 valence electrons. The van der Waals surface area contributed by atoms with Crippen molar-refractivity contribution >= 4 is 19.2 Å². The minimum Gasteiger partial charge on any atom is -0.356 e. The molecule has 0 saturated heterocycles. The van der Waals surface area contributed by atoms with Crippen LogP contribution in [0.15, 0.2) is 53.2 Å². The lowest BCUT2D eigenvalue weighted by Crippen LogP contribution is -2.24. The first kappa shape index (κ1) is 24.8. The smallest absolute Gasteiger partial charge is 0.335 e. The van der Waals surface area contributed by atoms with E-state index >= 15 is 0 Å². The van der Waals surface area contributed by atoms with E-state index in [-0.39, 0.29) is 37.4 Å². The van der Waals surface area contributed by atoms with Crippen molar-refractivity contribution < 1.29 is 32.5 Å². The van der Waals surface area contributed by atoms with Gasteiger partial charge in [-0.05, 0) is 55.2 Å². The molecule has 0 saturated carbocycles. The first-order chi connectivity index (χ1) is 15.6. The van der Waals surface area contributed by atoms with E-state index in [2.05, 4.69) is 10.5 Å². The number of carbonyl (C=O) groups is 1. The van der Waals surface area contributed by atoms with Crippen LogP contribution < -0.4 is 5.32 Å². The van der Waals surface area contributed by atoms with Gasteiger partial charge in [0.1, 0.15) is 0 Å². The molecule has 10 heteroatoms. The highest BCUT2D eigenvalue weighted by Gasteiger charge is 2.45. The van der Waals surface area contributed by atoms with Crippen molar-refractivity contribution in [3.05, 3.63) is 71.4 Å². The van der Waals surface area contributed by atoms with Gasteiger partial charge >= 0.3 is 7.60 Å². The summed E-state index contributed by atoms with van der Waals surface area (Å²) in [4.78, 5) is 32.2. The van der Waals surface area contributed by atoms with Crippen molar-refractivity contribution in [3.8, 4) is 11.3 Å². The van der Waals surface area contributed by atoms with Crippen LogP contribution in [0.4, 0.5) is 14.5 Å². The van der Waals surface area contributed by atoms with Gasteiger partial charge in [0, 0.05) is 23.2 Å². The predicted molar refractivity (Wildman–Crippen MR) is 120 cm³/mol. The molecule has 33 heavy (non-hydrogen) atoms. The standard InChI is InChI=1S/C23H25F2N2O5P/c1-3-23(4-2,33(29,30)31)17-7-9-18(10-8-17)27-21(28)12-6-16-14-26-32-22(16)15-5-11-19(24)20(25)13-15/h5,7-11,13-14H,3-4,6,12H2,1-2H3,(H,27,28)(H2,29,30,31). The Labute approximate surface area is 190 Å². The van der Waals surface area contributed by atoms with Crippen LogP contribution in [0.1, 0.15) is 44.2 Å². The number of benzene rings is 2. The Hall–Kier alpha value is -2.87. The number of aromatic nitrogens is 1. The summed E-state index contributed by atoms with van der Waals surface area (Å²) < 4.78 is 44.0. The number of hydrogen-bond donors (Lipinski definition) is 3. The van der Waals surface area contributed by atoms with Gasteiger partial charge in [-0.2, -0.15) is 0 Å². The number of hydrogen-bond acceptors (Lipinski definition) is 4. The number of amides is 1. The van der Waals surface area contributed by atoms with E-state index in [1.807, 2.05) is 0 Å². The van der Waals surface area contributed by atoms with Crippen molar-refractivity contribution in [3.63, 3.8) is 0 Å². The lowest BCUT2D eigenvalue weighted by molar-refractivity contribution is -0.116. The van der Waals surface area contributed by atoms with Gasteiger partial charge in [0.15, 0.2) is 17.4 Å². The van der Waals surface area contributed by atoms with Crippen LogP contribution >= 0.6 is 7.60 Å². The number of halogens is 2. The summed E-state index contributed by atoms with van der Waals surface area (Å²) in [5, 5.41) is 5.17. The fourth-order valence-corrected chi connectivity index (χ4v) is 5.20. The van der Waals surface area contributed by atoms with E-state index in [4.69, 9.17) is 4.52 Å². The Bertz CT molecular complexity index is 1170. The van der Waals surface area contributed by atoms with Gasteiger partial charge < -0.3 is 19.6 Å². The Kier molecular flexibility index (Phi) is 7.47. The molecule has 3 rings (SSSR count). The summed E-state index contributed by atoms with van der Waals surface area (Å²) in [6.07, 6.45) is 2.32. The molecule has 0 spiro atoms. The molecular weight excluding hydrogens is 453 g/mol. The summed E-state index contributed by atoms with van der Waals surface area (Å²) in [6, 6.07) is 9.81. The molecule has 0 aliphatic carbocycles. The van der Waals surface area contributed by atoms with E-state index < -0.39 is 24.4 Å². The molecule has 7 nitrogen and oxygen atoms in total. The monoisotopic (exact) mass is 478 g/mol. The fourth-order valence-electron chi connectivity index (χ4n) is 3.89. The second-order valence-electron chi connectivity index (χ2n) is 7.72. The molecule has 1 heterocycles. The van der Waals surface area contributed by atoms with E-state index in [1.165, 1.54) is 12.3 Å². The van der Waals surface area contributed by atoms with Gasteiger partial charge in [-0.15, -0.1) is 0 Å². The van der Waals surface area contributed by atoms with E-state index in [0.717, 1.165) is 12.1 Å². The van der Waals surface area contributed by atoms with Gasteiger partial charge in [0.05, 0.1) is 11.4 Å². The summed E-state index contributed by atoms with van der Waals surface area (Å²) in [5.41, 5.74) is 1.89. The molecule has 1 aromatic heterocycles. The van der Waals surface area contributed by atoms with Crippen LogP contribution in [-0.2, 0) is 20.9 Å². The zero-order chi connectivity index (χ0) is 24.2. The van der Waals surface area contributed by atoms with E-state index in [0.29, 0.717) is 22.4 Å². The maximum atomic E-state index is 13.5. The molecule has 0 aliphatic rings. The van der Waals surface area contributed by atoms with Crippen LogP contribution in [0, 0.1) is 11.6 Å². The number of anilines is 1. The van der Waals surface area contributed by atoms with Gasteiger partial charge in [0.25, 0.3) is 0 Å². The Morgan fingerprint density at radius 3 is 2.33 bits per heavy atom. The summed E-state index contributed by atoms with van der Waals surface area (Å²) in [5.74, 6) is -2.02. The Morgan fingerprint density at radius 1 is 1.09 bits per heavy atom. The quantitative estimate of drug-likeness (QED) is 0.356. The first-order valence-electron chi connectivity index (χ1n) is 10.5.